The minimum atomic E-state index is -0.0833. The number of nitrogens with zero attached hydrogens (tertiary/aromatic N) is 4. The highest BCUT2D eigenvalue weighted by molar-refractivity contribution is 5.76. The predicted molar refractivity (Wildman–Crippen MR) is 82.0 cm³/mol. The summed E-state index contributed by atoms with van der Waals surface area (Å²) in [6.45, 7) is 0. The maximum atomic E-state index is 8.66. The Morgan fingerprint density at radius 3 is 1.61 bits per heavy atom. The van der Waals surface area contributed by atoms with E-state index >= 15 is 0 Å². The molecule has 0 aromatic carbocycles. The van der Waals surface area contributed by atoms with Gasteiger partial charge in [0, 0.05) is 12.2 Å². The number of hydrogen-bond acceptors (Lipinski definition) is 4. The molecule has 8 heteroatoms. The normalized spacial score (nSPS) is 26.1. The van der Waals surface area contributed by atoms with Gasteiger partial charge in [-0.1, -0.05) is 22.5 Å². The molecule has 0 spiro atoms. The van der Waals surface area contributed by atoms with Crippen LogP contribution in [-0.4, -0.2) is 56.5 Å². The van der Waals surface area contributed by atoms with E-state index in [2.05, 4.69) is 10.3 Å². The van der Waals surface area contributed by atoms with Crippen LogP contribution in [0.25, 0.3) is 0 Å². The van der Waals surface area contributed by atoms with E-state index in [1.165, 1.54) is 12.4 Å². The molecule has 0 aliphatic carbocycles. The van der Waals surface area contributed by atoms with Gasteiger partial charge >= 0.3 is 0 Å². The van der Waals surface area contributed by atoms with E-state index < -0.39 is 0 Å². The van der Waals surface area contributed by atoms with Gasteiger partial charge < -0.3 is 44.4 Å². The van der Waals surface area contributed by atoms with Crippen molar-refractivity contribution in [3.05, 3.63) is 48.9 Å². The molecule has 0 amide bonds. The van der Waals surface area contributed by atoms with Gasteiger partial charge in [0.25, 0.3) is 0 Å². The molecule has 0 aromatic heterocycles. The molecule has 2 N–H and O–H groups in total. The largest absolute Gasteiger partial charge is 1.00 e. The summed E-state index contributed by atoms with van der Waals surface area (Å²) in [5.41, 5.74) is 0. The van der Waals surface area contributed by atoms with Gasteiger partial charge in [0.15, 0.2) is 24.8 Å². The van der Waals surface area contributed by atoms with Crippen LogP contribution in [0, 0.1) is 0 Å². The van der Waals surface area contributed by atoms with Gasteiger partial charge in [-0.25, -0.2) is 0 Å². The van der Waals surface area contributed by atoms with Gasteiger partial charge in [0.05, 0.1) is 0 Å². The van der Waals surface area contributed by atoms with E-state index in [-0.39, 0.29) is 46.0 Å². The molecule has 0 radical (unpaired) electrons. The van der Waals surface area contributed by atoms with Crippen LogP contribution >= 0.6 is 0 Å². The van der Waals surface area contributed by atoms with Gasteiger partial charge in [0.1, 0.15) is 18.9 Å². The summed E-state index contributed by atoms with van der Waals surface area (Å²) in [7, 11) is 0. The molecule has 0 fully saturated rings. The summed E-state index contributed by atoms with van der Waals surface area (Å²) in [5, 5.41) is 23.5. The standard InChI is InChI=1S/C15H16N4O2.2BrH/c20-16-12-14-6-1-3-8-18(14)10-5-11-19-9-4-2-7-15(19)13-17-21;;/h1-4,6-15H,5H2;2*1H. The summed E-state index contributed by atoms with van der Waals surface area (Å²) in [6, 6.07) is -0.167. The first kappa shape index (κ1) is 21.2. The van der Waals surface area contributed by atoms with Crippen LogP contribution in [0.5, 0.6) is 0 Å². The SMILES string of the molecule is ON=CC1C=CC=C[N+]1=CCC=[N+]1C=CC=CC1C=NO.[Br-].[Br-]. The Labute approximate surface area is 156 Å². The second-order valence-corrected chi connectivity index (χ2v) is 4.46. The quantitative estimate of drug-likeness (QED) is 0.198. The third kappa shape index (κ3) is 6.45. The van der Waals surface area contributed by atoms with Crippen molar-refractivity contribution in [2.75, 3.05) is 0 Å². The molecule has 2 rings (SSSR count). The molecular weight excluding hydrogens is 428 g/mol. The molecule has 0 aromatic rings. The maximum Gasteiger partial charge on any atom is 0.215 e. The minimum absolute atomic E-state index is 0. The van der Waals surface area contributed by atoms with Gasteiger partial charge in [-0.15, -0.1) is 0 Å². The van der Waals surface area contributed by atoms with Crippen molar-refractivity contribution in [2.24, 2.45) is 10.3 Å². The molecule has 2 aliphatic rings. The van der Waals surface area contributed by atoms with E-state index in [1.54, 1.807) is 0 Å². The van der Waals surface area contributed by atoms with Crippen LogP contribution in [-0.2, 0) is 0 Å². The average Bonchev–Trinajstić information content (AvgIpc) is 2.51. The fourth-order valence-electron chi connectivity index (χ4n) is 2.10. The van der Waals surface area contributed by atoms with Crippen LogP contribution in [0.2, 0.25) is 0 Å². The molecule has 2 aliphatic heterocycles. The van der Waals surface area contributed by atoms with Crippen molar-refractivity contribution in [3.63, 3.8) is 0 Å². The first-order valence-electron chi connectivity index (χ1n) is 6.62. The summed E-state index contributed by atoms with van der Waals surface area (Å²) in [4.78, 5) is 0. The van der Waals surface area contributed by atoms with Crippen molar-refractivity contribution in [1.29, 1.82) is 0 Å². The molecular formula is C15H18Br2N4O2. The van der Waals surface area contributed by atoms with Crippen LogP contribution in [0.1, 0.15) is 6.42 Å². The minimum Gasteiger partial charge on any atom is -1.00 e. The van der Waals surface area contributed by atoms with Crippen molar-refractivity contribution < 1.29 is 53.5 Å². The maximum absolute atomic E-state index is 8.66. The fraction of sp³-hybridized carbons (Fsp3) is 0.200. The summed E-state index contributed by atoms with van der Waals surface area (Å²) in [5.74, 6) is 0. The summed E-state index contributed by atoms with van der Waals surface area (Å²) < 4.78 is 3.91. The fourth-order valence-corrected chi connectivity index (χ4v) is 2.10. The molecule has 2 atom stereocenters. The third-order valence-corrected chi connectivity index (χ3v) is 3.11. The zero-order valence-electron chi connectivity index (χ0n) is 12.2. The highest BCUT2D eigenvalue weighted by Gasteiger charge is 2.17. The Balaban J connectivity index is 0.00000242. The number of halogens is 2. The van der Waals surface area contributed by atoms with Crippen LogP contribution in [0.3, 0.4) is 0 Å². The Hall–Kier alpha value is -1.80. The van der Waals surface area contributed by atoms with Crippen LogP contribution in [0.4, 0.5) is 0 Å². The molecule has 0 bridgehead atoms. The zero-order chi connectivity index (χ0) is 14.9. The zero-order valence-corrected chi connectivity index (χ0v) is 15.4. The Morgan fingerprint density at radius 2 is 1.22 bits per heavy atom. The average molecular weight is 446 g/mol. The van der Waals surface area contributed by atoms with E-state index in [0.717, 1.165) is 0 Å². The Morgan fingerprint density at radius 1 is 0.783 bits per heavy atom. The van der Waals surface area contributed by atoms with Crippen LogP contribution < -0.4 is 34.0 Å². The van der Waals surface area contributed by atoms with E-state index in [4.69, 9.17) is 10.4 Å². The van der Waals surface area contributed by atoms with Gasteiger partial charge in [-0.2, -0.15) is 9.15 Å². The van der Waals surface area contributed by atoms with Crippen molar-refractivity contribution in [1.82, 2.24) is 0 Å². The second-order valence-electron chi connectivity index (χ2n) is 4.46. The third-order valence-electron chi connectivity index (χ3n) is 3.11. The van der Waals surface area contributed by atoms with Gasteiger partial charge in [-0.3, -0.25) is 0 Å². The van der Waals surface area contributed by atoms with Crippen molar-refractivity contribution in [2.45, 2.75) is 18.5 Å². The highest BCUT2D eigenvalue weighted by atomic mass is 79.9. The molecule has 124 valence electrons. The molecule has 0 saturated heterocycles. The molecule has 0 saturated carbocycles. The monoisotopic (exact) mass is 444 g/mol. The molecule has 6 nitrogen and oxygen atoms in total. The first-order valence-corrected chi connectivity index (χ1v) is 6.62. The van der Waals surface area contributed by atoms with Crippen molar-refractivity contribution >= 4 is 24.9 Å². The topological polar surface area (TPSA) is 71.2 Å². The second kappa shape index (κ2) is 11.7. The number of hydrogen-bond donors (Lipinski definition) is 2. The van der Waals surface area contributed by atoms with Gasteiger partial charge in [-0.05, 0) is 12.2 Å². The highest BCUT2D eigenvalue weighted by Crippen LogP contribution is 2.02. The first-order chi connectivity index (χ1) is 10.3. The lowest BCUT2D eigenvalue weighted by Crippen LogP contribution is -3.00. The smallest absolute Gasteiger partial charge is 0.215 e. The number of rotatable bonds is 4. The lowest BCUT2D eigenvalue weighted by atomic mass is 10.2. The van der Waals surface area contributed by atoms with E-state index in [9.17, 15) is 0 Å². The van der Waals surface area contributed by atoms with E-state index in [0.29, 0.717) is 6.42 Å². The molecule has 23 heavy (non-hydrogen) atoms. The lowest BCUT2D eigenvalue weighted by Gasteiger charge is -2.06. The number of oxime groups is 2. The Kier molecular flexibility index (Phi) is 10.8. The van der Waals surface area contributed by atoms with Gasteiger partial charge in [0.2, 0.25) is 12.1 Å². The van der Waals surface area contributed by atoms with E-state index in [1.807, 2.05) is 70.4 Å². The molecule has 2 unspecified atom stereocenters. The Bertz CT molecular complexity index is 553. The molecule has 2 heterocycles. The lowest BCUT2D eigenvalue weighted by molar-refractivity contribution is -0.468. The number of allylic oxidation sites excluding steroid dienone is 4. The predicted octanol–water partition coefficient (Wildman–Crippen LogP) is -4.62. The summed E-state index contributed by atoms with van der Waals surface area (Å²) >= 11 is 0. The summed E-state index contributed by atoms with van der Waals surface area (Å²) in [6.07, 6.45) is 22.9. The van der Waals surface area contributed by atoms with Crippen molar-refractivity contribution in [3.8, 4) is 0 Å². The van der Waals surface area contributed by atoms with Crippen LogP contribution in [0.15, 0.2) is 59.2 Å².